The molecule has 2 aromatic carbocycles. The lowest BCUT2D eigenvalue weighted by atomic mass is 9.87. The van der Waals surface area contributed by atoms with Crippen molar-refractivity contribution in [2.45, 2.75) is 30.7 Å². The van der Waals surface area contributed by atoms with Gasteiger partial charge in [0.1, 0.15) is 5.75 Å². The van der Waals surface area contributed by atoms with Crippen LogP contribution >= 0.6 is 0 Å². The van der Waals surface area contributed by atoms with Gasteiger partial charge in [0, 0.05) is 18.0 Å². The fraction of sp³-hybridized carbons (Fsp3) is 0.278. The zero-order valence-corrected chi connectivity index (χ0v) is 14.4. The van der Waals surface area contributed by atoms with E-state index in [-0.39, 0.29) is 10.7 Å². The Morgan fingerprint density at radius 1 is 1.12 bits per heavy atom. The maximum Gasteiger partial charge on any atom is 0.241 e. The van der Waals surface area contributed by atoms with Crippen LogP contribution in [0.3, 0.4) is 0 Å². The van der Waals surface area contributed by atoms with Crippen molar-refractivity contribution in [2.24, 2.45) is 0 Å². The van der Waals surface area contributed by atoms with Gasteiger partial charge in [0.15, 0.2) is 5.78 Å². The number of rotatable bonds is 4. The lowest BCUT2D eigenvalue weighted by Gasteiger charge is -2.25. The highest BCUT2D eigenvalue weighted by Gasteiger charge is 2.29. The van der Waals surface area contributed by atoms with E-state index in [2.05, 4.69) is 4.72 Å². The minimum atomic E-state index is -3.65. The minimum absolute atomic E-state index is 0.00897. The van der Waals surface area contributed by atoms with E-state index in [1.807, 2.05) is 6.92 Å². The summed E-state index contributed by atoms with van der Waals surface area (Å²) in [5.41, 5.74) is 2.22. The van der Waals surface area contributed by atoms with Crippen LogP contribution in [0.5, 0.6) is 5.75 Å². The molecule has 5 nitrogen and oxygen atoms in total. The van der Waals surface area contributed by atoms with E-state index in [4.69, 9.17) is 4.74 Å². The Hall–Kier alpha value is -2.18. The van der Waals surface area contributed by atoms with Gasteiger partial charge in [-0.25, -0.2) is 13.1 Å². The van der Waals surface area contributed by atoms with Crippen LogP contribution in [-0.4, -0.2) is 21.3 Å². The minimum Gasteiger partial charge on any atom is -0.497 e. The smallest absolute Gasteiger partial charge is 0.241 e. The molecule has 1 N–H and O–H groups in total. The van der Waals surface area contributed by atoms with Crippen LogP contribution < -0.4 is 9.46 Å². The molecular weight excluding hydrogens is 326 g/mol. The number of sulfonamides is 1. The van der Waals surface area contributed by atoms with Gasteiger partial charge in [-0.2, -0.15) is 0 Å². The Labute approximate surface area is 141 Å². The number of ketones is 1. The number of carbonyl (C=O) groups is 1. The first-order valence-electron chi connectivity index (χ1n) is 7.71. The van der Waals surface area contributed by atoms with Crippen molar-refractivity contribution in [3.05, 3.63) is 59.2 Å². The van der Waals surface area contributed by atoms with Crippen molar-refractivity contribution in [2.75, 3.05) is 7.11 Å². The quantitative estimate of drug-likeness (QED) is 0.924. The molecule has 0 heterocycles. The normalized spacial score (nSPS) is 17.4. The molecule has 0 saturated carbocycles. The third-order valence-electron chi connectivity index (χ3n) is 4.23. The Balaban J connectivity index is 1.93. The molecule has 0 fully saturated rings. The summed E-state index contributed by atoms with van der Waals surface area (Å²) in [5.74, 6) is 0.596. The summed E-state index contributed by atoms with van der Waals surface area (Å²) in [5, 5.41) is 0. The molecule has 1 aliphatic rings. The Morgan fingerprint density at radius 3 is 2.50 bits per heavy atom. The maximum absolute atomic E-state index is 12.6. The van der Waals surface area contributed by atoms with E-state index < -0.39 is 16.1 Å². The van der Waals surface area contributed by atoms with Crippen LogP contribution in [0, 0.1) is 6.92 Å². The van der Waals surface area contributed by atoms with E-state index in [0.29, 0.717) is 29.7 Å². The number of ether oxygens (including phenoxy) is 1. The summed E-state index contributed by atoms with van der Waals surface area (Å²) in [6.45, 7) is 1.90. The number of hydrogen-bond acceptors (Lipinski definition) is 4. The molecule has 0 spiro atoms. The second-order valence-electron chi connectivity index (χ2n) is 5.90. The number of carbonyl (C=O) groups excluding carboxylic acids is 1. The maximum atomic E-state index is 12.6. The number of Topliss-reactive ketones (excluding diaryl/α,β-unsaturated/α-hetero) is 1. The molecule has 2 aromatic rings. The first-order valence-corrected chi connectivity index (χ1v) is 9.19. The third kappa shape index (κ3) is 3.20. The highest BCUT2D eigenvalue weighted by atomic mass is 32.2. The summed E-state index contributed by atoms with van der Waals surface area (Å²) in [7, 11) is -2.11. The van der Waals surface area contributed by atoms with Crippen molar-refractivity contribution in [3.8, 4) is 5.75 Å². The molecule has 1 aliphatic carbocycles. The first-order chi connectivity index (χ1) is 11.4. The molecule has 0 aromatic heterocycles. The topological polar surface area (TPSA) is 72.5 Å². The SMILES string of the molecule is COc1ccc2c(c1)C(=O)CCC2NS(=O)(=O)c1ccc(C)cc1. The first kappa shape index (κ1) is 16.7. The third-order valence-corrected chi connectivity index (χ3v) is 5.71. The molecule has 1 unspecified atom stereocenters. The summed E-state index contributed by atoms with van der Waals surface area (Å²) in [6, 6.07) is 11.4. The van der Waals surface area contributed by atoms with Crippen LogP contribution in [0.1, 0.15) is 40.4 Å². The number of benzene rings is 2. The van der Waals surface area contributed by atoms with Gasteiger partial charge in [0.25, 0.3) is 0 Å². The summed E-state index contributed by atoms with van der Waals surface area (Å²) in [6.07, 6.45) is 0.754. The molecule has 0 radical (unpaired) electrons. The number of nitrogens with one attached hydrogen (secondary N) is 1. The zero-order chi connectivity index (χ0) is 17.3. The van der Waals surface area contributed by atoms with E-state index in [9.17, 15) is 13.2 Å². The van der Waals surface area contributed by atoms with Gasteiger partial charge in [-0.15, -0.1) is 0 Å². The second-order valence-corrected chi connectivity index (χ2v) is 7.62. The van der Waals surface area contributed by atoms with Crippen LogP contribution in [0.25, 0.3) is 0 Å². The van der Waals surface area contributed by atoms with Crippen molar-refractivity contribution in [1.82, 2.24) is 4.72 Å². The number of aryl methyl sites for hydroxylation is 1. The van der Waals surface area contributed by atoms with Crippen molar-refractivity contribution in [3.63, 3.8) is 0 Å². The van der Waals surface area contributed by atoms with Crippen LogP contribution in [0.15, 0.2) is 47.4 Å². The second kappa shape index (κ2) is 6.37. The Bertz CT molecular complexity index is 872. The fourth-order valence-electron chi connectivity index (χ4n) is 2.87. The Kier molecular flexibility index (Phi) is 4.43. The zero-order valence-electron chi connectivity index (χ0n) is 13.6. The Morgan fingerprint density at radius 2 is 1.83 bits per heavy atom. The number of methoxy groups -OCH3 is 1. The van der Waals surface area contributed by atoms with Gasteiger partial charge in [-0.05, 0) is 43.2 Å². The van der Waals surface area contributed by atoms with E-state index >= 15 is 0 Å². The van der Waals surface area contributed by atoms with E-state index in [1.165, 1.54) is 7.11 Å². The monoisotopic (exact) mass is 345 g/mol. The summed E-state index contributed by atoms with van der Waals surface area (Å²) >= 11 is 0. The molecular formula is C18H19NO4S. The molecule has 6 heteroatoms. The van der Waals surface area contributed by atoms with E-state index in [0.717, 1.165) is 5.56 Å². The largest absolute Gasteiger partial charge is 0.497 e. The number of hydrogen-bond donors (Lipinski definition) is 1. The predicted molar refractivity (Wildman–Crippen MR) is 90.8 cm³/mol. The summed E-state index contributed by atoms with van der Waals surface area (Å²) < 4.78 is 33.1. The van der Waals surface area contributed by atoms with Gasteiger partial charge in [0.05, 0.1) is 12.0 Å². The van der Waals surface area contributed by atoms with Crippen molar-refractivity contribution >= 4 is 15.8 Å². The highest BCUT2D eigenvalue weighted by Crippen LogP contribution is 2.33. The standard InChI is InChI=1S/C18H19NO4S/c1-12-3-6-14(7-4-12)24(21,22)19-17-9-10-18(20)16-11-13(23-2)5-8-15(16)17/h3-8,11,17,19H,9-10H2,1-2H3. The molecule has 1 atom stereocenters. The lowest BCUT2D eigenvalue weighted by molar-refractivity contribution is 0.0965. The van der Waals surface area contributed by atoms with Gasteiger partial charge in [-0.3, -0.25) is 4.79 Å². The molecule has 0 saturated heterocycles. The lowest BCUT2D eigenvalue weighted by Crippen LogP contribution is -2.32. The van der Waals surface area contributed by atoms with E-state index in [1.54, 1.807) is 42.5 Å². The molecule has 0 aliphatic heterocycles. The van der Waals surface area contributed by atoms with Gasteiger partial charge >= 0.3 is 0 Å². The van der Waals surface area contributed by atoms with Gasteiger partial charge in [-0.1, -0.05) is 23.8 Å². The molecule has 0 amide bonds. The van der Waals surface area contributed by atoms with Crippen molar-refractivity contribution in [1.29, 1.82) is 0 Å². The molecule has 24 heavy (non-hydrogen) atoms. The predicted octanol–water partition coefficient (Wildman–Crippen LogP) is 3.00. The molecule has 0 bridgehead atoms. The van der Waals surface area contributed by atoms with Gasteiger partial charge < -0.3 is 4.74 Å². The number of fused-ring (bicyclic) bond motifs is 1. The van der Waals surface area contributed by atoms with Gasteiger partial charge in [0.2, 0.25) is 10.0 Å². The molecule has 3 rings (SSSR count). The average molecular weight is 345 g/mol. The van der Waals surface area contributed by atoms with Crippen LogP contribution in [0.4, 0.5) is 0 Å². The van der Waals surface area contributed by atoms with Crippen molar-refractivity contribution < 1.29 is 17.9 Å². The molecule has 126 valence electrons. The fourth-order valence-corrected chi connectivity index (χ4v) is 4.12. The van der Waals surface area contributed by atoms with Crippen LogP contribution in [-0.2, 0) is 10.0 Å². The average Bonchev–Trinajstić information content (AvgIpc) is 2.57. The van der Waals surface area contributed by atoms with Crippen LogP contribution in [0.2, 0.25) is 0 Å². The summed E-state index contributed by atoms with van der Waals surface area (Å²) in [4.78, 5) is 12.4. The highest BCUT2D eigenvalue weighted by molar-refractivity contribution is 7.89.